The van der Waals surface area contributed by atoms with Gasteiger partial charge in [-0.1, -0.05) is 72.8 Å². The van der Waals surface area contributed by atoms with Crippen molar-refractivity contribution in [1.29, 1.82) is 0 Å². The van der Waals surface area contributed by atoms with E-state index in [0.717, 1.165) is 51.2 Å². The van der Waals surface area contributed by atoms with Gasteiger partial charge >= 0.3 is 0 Å². The lowest BCUT2D eigenvalue weighted by atomic mass is 9.82. The first kappa shape index (κ1) is 23.2. The second kappa shape index (κ2) is 11.3. The van der Waals surface area contributed by atoms with Crippen molar-refractivity contribution in [3.8, 4) is 0 Å². The summed E-state index contributed by atoms with van der Waals surface area (Å²) in [4.78, 5) is 13.8. The summed E-state index contributed by atoms with van der Waals surface area (Å²) in [5.41, 5.74) is 4.91. The molecular formula is C29H34N2O2. The highest BCUT2D eigenvalue weighted by Gasteiger charge is 2.38. The molecule has 1 aliphatic rings. The second-order valence-electron chi connectivity index (χ2n) is 9.30. The van der Waals surface area contributed by atoms with Crippen LogP contribution in [0, 0.1) is 5.41 Å². The minimum Gasteiger partial charge on any atom is -0.376 e. The molecule has 0 radical (unpaired) electrons. The van der Waals surface area contributed by atoms with Gasteiger partial charge in [0, 0.05) is 31.1 Å². The summed E-state index contributed by atoms with van der Waals surface area (Å²) in [5, 5.41) is 2.84. The molecule has 1 amide bonds. The van der Waals surface area contributed by atoms with E-state index in [2.05, 4.69) is 76.9 Å². The fraction of sp³-hybridized carbons (Fsp3) is 0.345. The number of rotatable bonds is 10. The van der Waals surface area contributed by atoms with Crippen LogP contribution < -0.4 is 5.32 Å². The van der Waals surface area contributed by atoms with Crippen LogP contribution in [-0.4, -0.2) is 30.5 Å². The Hall–Kier alpha value is -2.95. The molecular weight excluding hydrogens is 408 g/mol. The third-order valence-corrected chi connectivity index (χ3v) is 6.50. The number of aryl methyl sites for hydroxylation is 1. The zero-order chi connectivity index (χ0) is 22.9. The van der Waals surface area contributed by atoms with Gasteiger partial charge in [0.2, 0.25) is 5.91 Å². The number of hydrogen-bond acceptors (Lipinski definition) is 3. The third kappa shape index (κ3) is 7.01. The Morgan fingerprint density at radius 2 is 1.58 bits per heavy atom. The molecule has 1 saturated heterocycles. The largest absolute Gasteiger partial charge is 0.376 e. The molecule has 1 unspecified atom stereocenters. The predicted octanol–water partition coefficient (Wildman–Crippen LogP) is 5.69. The number of nitrogens with zero attached hydrogens (tertiary/aromatic N) is 1. The van der Waals surface area contributed by atoms with Crippen LogP contribution in [0.4, 0.5) is 5.69 Å². The van der Waals surface area contributed by atoms with Crippen molar-refractivity contribution in [1.82, 2.24) is 4.90 Å². The Balaban J connectivity index is 1.38. The monoisotopic (exact) mass is 442 g/mol. The highest BCUT2D eigenvalue weighted by molar-refractivity contribution is 5.88. The van der Waals surface area contributed by atoms with Crippen LogP contribution in [0.1, 0.15) is 36.5 Å². The summed E-state index contributed by atoms with van der Waals surface area (Å²) >= 11 is 0. The van der Waals surface area contributed by atoms with Gasteiger partial charge in [-0.3, -0.25) is 9.69 Å². The maximum absolute atomic E-state index is 11.3. The standard InChI is InChI=1S/C29H34N2O2/c1-24(32)30-28-14-12-26(13-15-28)20-31-19-18-29(22-31,17-16-25-8-4-2-5-9-25)23-33-21-27-10-6-3-7-11-27/h2-15H,16-23H2,1H3,(H,30,32). The molecule has 0 saturated carbocycles. The molecule has 3 aromatic carbocycles. The number of amides is 1. The SMILES string of the molecule is CC(=O)Nc1ccc(CN2CCC(CCc3ccccc3)(COCc3ccccc3)C2)cc1. The summed E-state index contributed by atoms with van der Waals surface area (Å²) in [6.07, 6.45) is 3.36. The van der Waals surface area contributed by atoms with E-state index in [0.29, 0.717) is 6.61 Å². The molecule has 0 aliphatic carbocycles. The molecule has 33 heavy (non-hydrogen) atoms. The molecule has 4 nitrogen and oxygen atoms in total. The van der Waals surface area contributed by atoms with Gasteiger partial charge in [0.1, 0.15) is 0 Å². The van der Waals surface area contributed by atoms with Gasteiger partial charge in [-0.25, -0.2) is 0 Å². The molecule has 1 heterocycles. The quantitative estimate of drug-likeness (QED) is 0.439. The summed E-state index contributed by atoms with van der Waals surface area (Å²) in [6.45, 7) is 6.03. The topological polar surface area (TPSA) is 41.6 Å². The molecule has 172 valence electrons. The Morgan fingerprint density at radius 1 is 0.909 bits per heavy atom. The van der Waals surface area contributed by atoms with Gasteiger partial charge in [0.05, 0.1) is 13.2 Å². The van der Waals surface area contributed by atoms with Crippen molar-refractivity contribution in [3.05, 3.63) is 102 Å². The first-order valence-electron chi connectivity index (χ1n) is 11.8. The maximum Gasteiger partial charge on any atom is 0.221 e. The van der Waals surface area contributed by atoms with Gasteiger partial charge < -0.3 is 10.1 Å². The second-order valence-corrected chi connectivity index (χ2v) is 9.30. The summed E-state index contributed by atoms with van der Waals surface area (Å²) in [7, 11) is 0. The lowest BCUT2D eigenvalue weighted by Crippen LogP contribution is -2.32. The van der Waals surface area contributed by atoms with E-state index in [1.165, 1.54) is 23.6 Å². The van der Waals surface area contributed by atoms with Crippen LogP contribution in [-0.2, 0) is 29.1 Å². The van der Waals surface area contributed by atoms with Crippen LogP contribution in [0.25, 0.3) is 0 Å². The molecule has 0 aromatic heterocycles. The van der Waals surface area contributed by atoms with Crippen molar-refractivity contribution in [3.63, 3.8) is 0 Å². The zero-order valence-electron chi connectivity index (χ0n) is 19.5. The van der Waals surface area contributed by atoms with E-state index in [-0.39, 0.29) is 11.3 Å². The summed E-state index contributed by atoms with van der Waals surface area (Å²) in [5.74, 6) is -0.0407. The van der Waals surface area contributed by atoms with Crippen LogP contribution in [0.15, 0.2) is 84.9 Å². The van der Waals surface area contributed by atoms with Crippen molar-refractivity contribution in [2.24, 2.45) is 5.41 Å². The summed E-state index contributed by atoms with van der Waals surface area (Å²) in [6, 6.07) is 29.4. The number of benzene rings is 3. The van der Waals surface area contributed by atoms with Crippen LogP contribution >= 0.6 is 0 Å². The van der Waals surface area contributed by atoms with Gasteiger partial charge in [0.25, 0.3) is 0 Å². The first-order chi connectivity index (χ1) is 16.1. The Kier molecular flexibility index (Phi) is 7.92. The van der Waals surface area contributed by atoms with Crippen molar-refractivity contribution in [2.45, 2.75) is 39.3 Å². The van der Waals surface area contributed by atoms with E-state index in [1.807, 2.05) is 18.2 Å². The van der Waals surface area contributed by atoms with Gasteiger partial charge in [-0.2, -0.15) is 0 Å². The van der Waals surface area contributed by atoms with Gasteiger partial charge in [-0.15, -0.1) is 0 Å². The number of likely N-dealkylation sites (tertiary alicyclic amines) is 1. The molecule has 0 spiro atoms. The van der Waals surface area contributed by atoms with E-state index in [9.17, 15) is 4.79 Å². The Morgan fingerprint density at radius 3 is 2.24 bits per heavy atom. The molecule has 0 bridgehead atoms. The number of ether oxygens (including phenoxy) is 1. The van der Waals surface area contributed by atoms with Crippen LogP contribution in [0.3, 0.4) is 0 Å². The maximum atomic E-state index is 11.3. The molecule has 4 rings (SSSR count). The number of nitrogens with one attached hydrogen (secondary N) is 1. The van der Waals surface area contributed by atoms with E-state index in [4.69, 9.17) is 4.74 Å². The Labute approximate surface area is 197 Å². The molecule has 4 heteroatoms. The average molecular weight is 443 g/mol. The molecule has 1 atom stereocenters. The smallest absolute Gasteiger partial charge is 0.221 e. The lowest BCUT2D eigenvalue weighted by Gasteiger charge is -2.30. The zero-order valence-corrected chi connectivity index (χ0v) is 19.5. The highest BCUT2D eigenvalue weighted by Crippen LogP contribution is 2.36. The number of carbonyl (C=O) groups excluding carboxylic acids is 1. The van der Waals surface area contributed by atoms with Gasteiger partial charge in [0.15, 0.2) is 0 Å². The normalized spacial score (nSPS) is 18.3. The molecule has 1 fully saturated rings. The third-order valence-electron chi connectivity index (χ3n) is 6.50. The van der Waals surface area contributed by atoms with Crippen LogP contribution in [0.2, 0.25) is 0 Å². The fourth-order valence-corrected chi connectivity index (χ4v) is 4.73. The highest BCUT2D eigenvalue weighted by atomic mass is 16.5. The molecule has 1 N–H and O–H groups in total. The fourth-order valence-electron chi connectivity index (χ4n) is 4.73. The lowest BCUT2D eigenvalue weighted by molar-refractivity contribution is -0.114. The molecule has 1 aliphatic heterocycles. The van der Waals surface area contributed by atoms with Gasteiger partial charge in [-0.05, 0) is 54.6 Å². The number of anilines is 1. The molecule has 3 aromatic rings. The Bertz CT molecular complexity index is 1000. The predicted molar refractivity (Wildman–Crippen MR) is 134 cm³/mol. The van der Waals surface area contributed by atoms with Crippen molar-refractivity contribution < 1.29 is 9.53 Å². The minimum atomic E-state index is -0.0407. The van der Waals surface area contributed by atoms with E-state index in [1.54, 1.807) is 0 Å². The number of carbonyl (C=O) groups is 1. The first-order valence-corrected chi connectivity index (χ1v) is 11.8. The van der Waals surface area contributed by atoms with Crippen molar-refractivity contribution in [2.75, 3.05) is 25.0 Å². The number of hydrogen-bond donors (Lipinski definition) is 1. The van der Waals surface area contributed by atoms with E-state index >= 15 is 0 Å². The summed E-state index contributed by atoms with van der Waals surface area (Å²) < 4.78 is 6.28. The van der Waals surface area contributed by atoms with Crippen molar-refractivity contribution >= 4 is 11.6 Å². The average Bonchev–Trinajstić information content (AvgIpc) is 3.23. The minimum absolute atomic E-state index is 0.0407. The van der Waals surface area contributed by atoms with Crippen LogP contribution in [0.5, 0.6) is 0 Å². The van der Waals surface area contributed by atoms with E-state index < -0.39 is 0 Å².